The van der Waals surface area contributed by atoms with Crippen molar-refractivity contribution in [1.29, 1.82) is 0 Å². The van der Waals surface area contributed by atoms with Gasteiger partial charge < -0.3 is 4.74 Å². The van der Waals surface area contributed by atoms with Gasteiger partial charge in [0.1, 0.15) is 58.7 Å². The normalized spacial score (nSPS) is 26.5. The van der Waals surface area contributed by atoms with Gasteiger partial charge in [0.15, 0.2) is 0 Å². The third-order valence-corrected chi connectivity index (χ3v) is 6.92. The second kappa shape index (κ2) is 10.7. The Hall–Kier alpha value is -3.12. The summed E-state index contributed by atoms with van der Waals surface area (Å²) in [6.07, 6.45) is -15.5. The van der Waals surface area contributed by atoms with Gasteiger partial charge in [-0.05, 0) is 37.5 Å². The van der Waals surface area contributed by atoms with Crippen LogP contribution in [0.3, 0.4) is 0 Å². The van der Waals surface area contributed by atoms with Crippen LogP contribution in [-0.2, 0) is 6.18 Å². The number of ether oxygens (including phenoxy) is 1. The Labute approximate surface area is 220 Å². The molecule has 1 aromatic carbocycles. The Bertz CT molecular complexity index is 1320. The average Bonchev–Trinajstić information content (AvgIpc) is 2.76. The maximum absolute atomic E-state index is 15.1. The smallest absolute Gasteiger partial charge is 0.428 e. The quantitative estimate of drug-likeness (QED) is 0.246. The lowest BCUT2D eigenvalue weighted by atomic mass is 9.77. The molecule has 1 aromatic rings. The van der Waals surface area contributed by atoms with Crippen LogP contribution in [0.4, 0.5) is 52.7 Å². The molecular weight excluding hydrogens is 568 g/mol. The van der Waals surface area contributed by atoms with Gasteiger partial charge in [-0.1, -0.05) is 17.2 Å². The van der Waals surface area contributed by atoms with Gasteiger partial charge >= 0.3 is 12.3 Å². The molecule has 218 valence electrons. The van der Waals surface area contributed by atoms with Gasteiger partial charge in [0.05, 0.1) is 0 Å². The summed E-state index contributed by atoms with van der Waals surface area (Å²) in [5, 5.41) is 0. The highest BCUT2D eigenvalue weighted by atomic mass is 19.4. The molecule has 0 radical (unpaired) electrons. The predicted molar refractivity (Wildman–Crippen MR) is 120 cm³/mol. The second-order valence-corrected chi connectivity index (χ2v) is 9.75. The van der Waals surface area contributed by atoms with E-state index in [0.717, 1.165) is 11.6 Å². The van der Waals surface area contributed by atoms with E-state index >= 15 is 4.39 Å². The average molecular weight is 588 g/mol. The third-order valence-electron chi connectivity index (χ3n) is 6.92. The lowest BCUT2D eigenvalue weighted by molar-refractivity contribution is -0.151. The summed E-state index contributed by atoms with van der Waals surface area (Å²) in [6.45, 7) is 1.71. The molecule has 0 amide bonds. The van der Waals surface area contributed by atoms with Crippen molar-refractivity contribution >= 4 is 0 Å². The van der Waals surface area contributed by atoms with E-state index in [1.807, 2.05) is 0 Å². The third kappa shape index (κ3) is 5.83. The zero-order valence-corrected chi connectivity index (χ0v) is 20.5. The van der Waals surface area contributed by atoms with Crippen LogP contribution >= 0.6 is 0 Å². The standard InChI is InChI=1S/C27H20F12O/c1-11-2-3-15(16(28)4-11)12-5-17(29)23(18(30)6-12)13-7-19(31)25(20(32)8-13)27(38,39)40-14-9-21(33)24(22(34)10-14)26(35,36)37/h2,5,7,9-10,15-16,18,20H,3-4,6,8H2,1H3. The van der Waals surface area contributed by atoms with Gasteiger partial charge in [-0.3, -0.25) is 0 Å². The maximum Gasteiger partial charge on any atom is 0.428 e. The van der Waals surface area contributed by atoms with E-state index in [0.29, 0.717) is 0 Å². The topological polar surface area (TPSA) is 9.23 Å². The Morgan fingerprint density at radius 2 is 1.43 bits per heavy atom. The number of alkyl halides is 8. The molecule has 3 aliphatic carbocycles. The summed E-state index contributed by atoms with van der Waals surface area (Å²) in [5.74, 6) is -10.2. The first kappa shape index (κ1) is 29.9. The largest absolute Gasteiger partial charge is 0.429 e. The molecule has 3 aliphatic rings. The summed E-state index contributed by atoms with van der Waals surface area (Å²) >= 11 is 0. The molecular formula is C27H20F12O. The van der Waals surface area contributed by atoms with E-state index in [-0.39, 0.29) is 36.6 Å². The van der Waals surface area contributed by atoms with Gasteiger partial charge in [-0.25, -0.2) is 30.7 Å². The summed E-state index contributed by atoms with van der Waals surface area (Å²) in [7, 11) is 0. The molecule has 4 rings (SSSR count). The van der Waals surface area contributed by atoms with Crippen molar-refractivity contribution in [3.8, 4) is 5.75 Å². The Balaban J connectivity index is 1.63. The van der Waals surface area contributed by atoms with Crippen molar-refractivity contribution in [1.82, 2.24) is 0 Å². The fraction of sp³-hybridized carbons (Fsp3) is 0.407. The fourth-order valence-corrected chi connectivity index (χ4v) is 5.09. The van der Waals surface area contributed by atoms with Crippen molar-refractivity contribution in [3.05, 3.63) is 87.1 Å². The van der Waals surface area contributed by atoms with Gasteiger partial charge in [-0.15, -0.1) is 0 Å². The molecule has 13 heteroatoms. The molecule has 0 spiro atoms. The van der Waals surface area contributed by atoms with Crippen LogP contribution in [0.25, 0.3) is 0 Å². The lowest BCUT2D eigenvalue weighted by Crippen LogP contribution is -2.35. The number of hydrogen-bond donors (Lipinski definition) is 0. The van der Waals surface area contributed by atoms with Crippen molar-refractivity contribution in [2.24, 2.45) is 5.92 Å². The van der Waals surface area contributed by atoms with E-state index in [1.54, 1.807) is 13.0 Å². The lowest BCUT2D eigenvalue weighted by Gasteiger charge is -2.32. The molecule has 0 aromatic heterocycles. The minimum atomic E-state index is -5.51. The highest BCUT2D eigenvalue weighted by Gasteiger charge is 2.48. The Kier molecular flexibility index (Phi) is 7.98. The SMILES string of the molecule is CC1=CCC(C2=CC(F)=C(C3=CC(F)=C(C(F)(F)Oc4cc(F)c(C(F)(F)F)c(F)c4)C(F)C3)C(F)C2)C(F)C1. The van der Waals surface area contributed by atoms with Crippen LogP contribution in [0.5, 0.6) is 5.75 Å². The minimum Gasteiger partial charge on any atom is -0.429 e. The molecule has 0 saturated heterocycles. The molecule has 40 heavy (non-hydrogen) atoms. The number of rotatable bonds is 5. The molecule has 1 nitrogen and oxygen atoms in total. The molecule has 4 unspecified atom stereocenters. The molecule has 4 atom stereocenters. The van der Waals surface area contributed by atoms with Crippen LogP contribution in [0.1, 0.15) is 38.2 Å². The molecule has 0 fully saturated rings. The summed E-state index contributed by atoms with van der Waals surface area (Å²) in [4.78, 5) is 0. The number of benzene rings is 1. The minimum absolute atomic E-state index is 0.0760. The second-order valence-electron chi connectivity index (χ2n) is 9.75. The predicted octanol–water partition coefficient (Wildman–Crippen LogP) is 9.43. The summed E-state index contributed by atoms with van der Waals surface area (Å²) in [6, 6.07) is -0.471. The van der Waals surface area contributed by atoms with E-state index in [4.69, 9.17) is 0 Å². The molecule has 0 heterocycles. The summed E-state index contributed by atoms with van der Waals surface area (Å²) in [5.41, 5.74) is -4.92. The number of halogens is 12. The molecule has 0 bridgehead atoms. The van der Waals surface area contributed by atoms with Gasteiger partial charge in [-0.2, -0.15) is 22.0 Å². The Morgan fingerprint density at radius 1 is 0.800 bits per heavy atom. The van der Waals surface area contributed by atoms with E-state index in [1.165, 1.54) is 0 Å². The first-order chi connectivity index (χ1) is 18.5. The van der Waals surface area contributed by atoms with Crippen LogP contribution in [0.2, 0.25) is 0 Å². The molecule has 0 aliphatic heterocycles. The van der Waals surface area contributed by atoms with Crippen LogP contribution in [-0.4, -0.2) is 24.6 Å². The van der Waals surface area contributed by atoms with E-state index < -0.39 is 101 Å². The fourth-order valence-electron chi connectivity index (χ4n) is 5.09. The summed E-state index contributed by atoms with van der Waals surface area (Å²) < 4.78 is 173. The monoisotopic (exact) mass is 588 g/mol. The van der Waals surface area contributed by atoms with Crippen molar-refractivity contribution in [2.45, 2.75) is 63.4 Å². The number of allylic oxidation sites excluding steroid dienone is 9. The van der Waals surface area contributed by atoms with E-state index in [2.05, 4.69) is 4.74 Å². The van der Waals surface area contributed by atoms with Crippen LogP contribution in [0.15, 0.2) is 69.9 Å². The zero-order valence-electron chi connectivity index (χ0n) is 20.5. The van der Waals surface area contributed by atoms with Crippen LogP contribution < -0.4 is 4.74 Å². The van der Waals surface area contributed by atoms with Gasteiger partial charge in [0.25, 0.3) is 0 Å². The molecule has 0 saturated carbocycles. The maximum atomic E-state index is 15.1. The number of hydrogen-bond acceptors (Lipinski definition) is 1. The highest BCUT2D eigenvalue weighted by Crippen LogP contribution is 2.46. The van der Waals surface area contributed by atoms with Crippen molar-refractivity contribution < 1.29 is 57.4 Å². The Morgan fingerprint density at radius 3 is 1.95 bits per heavy atom. The van der Waals surface area contributed by atoms with Crippen molar-refractivity contribution in [3.63, 3.8) is 0 Å². The van der Waals surface area contributed by atoms with Crippen molar-refractivity contribution in [2.75, 3.05) is 0 Å². The van der Waals surface area contributed by atoms with Gasteiger partial charge in [0, 0.05) is 36.5 Å². The first-order valence-corrected chi connectivity index (χ1v) is 11.9. The highest BCUT2D eigenvalue weighted by molar-refractivity contribution is 5.51. The molecule has 0 N–H and O–H groups in total. The van der Waals surface area contributed by atoms with E-state index in [9.17, 15) is 48.3 Å². The van der Waals surface area contributed by atoms with Gasteiger partial charge in [0.2, 0.25) is 0 Å². The zero-order chi connectivity index (χ0) is 29.7. The first-order valence-electron chi connectivity index (χ1n) is 11.9. The van der Waals surface area contributed by atoms with Crippen LogP contribution in [0, 0.1) is 17.6 Å².